The number of nitrogens with zero attached hydrogens (tertiary/aromatic N) is 3. The molecule has 1 aliphatic rings. The van der Waals surface area contributed by atoms with Gasteiger partial charge in [-0.05, 0) is 51.0 Å². The topological polar surface area (TPSA) is 78.3 Å². The Morgan fingerprint density at radius 2 is 2.13 bits per heavy atom. The van der Waals surface area contributed by atoms with E-state index in [1.807, 2.05) is 42.7 Å². The number of hydrogen-bond acceptors (Lipinski definition) is 6. The van der Waals surface area contributed by atoms with Gasteiger partial charge in [-0.15, -0.1) is 10.2 Å². The number of carbonyl (C=O) groups is 1. The van der Waals surface area contributed by atoms with E-state index in [0.29, 0.717) is 30.4 Å². The third kappa shape index (κ3) is 6.48. The van der Waals surface area contributed by atoms with E-state index in [9.17, 15) is 4.79 Å². The molecule has 1 aromatic carbocycles. The summed E-state index contributed by atoms with van der Waals surface area (Å²) in [6, 6.07) is 7.69. The molecule has 1 amide bonds. The highest BCUT2D eigenvalue weighted by Crippen LogP contribution is 2.29. The Morgan fingerprint density at radius 1 is 1.39 bits per heavy atom. The van der Waals surface area contributed by atoms with Crippen molar-refractivity contribution in [2.45, 2.75) is 43.9 Å². The van der Waals surface area contributed by atoms with E-state index in [0.717, 1.165) is 35.3 Å². The number of methoxy groups -OCH3 is 1. The quantitative estimate of drug-likeness (QED) is 0.565. The van der Waals surface area contributed by atoms with Crippen molar-refractivity contribution in [1.29, 1.82) is 0 Å². The van der Waals surface area contributed by atoms with Crippen LogP contribution in [0.1, 0.15) is 32.5 Å². The lowest BCUT2D eigenvalue weighted by atomic mass is 9.88. The summed E-state index contributed by atoms with van der Waals surface area (Å²) in [5.41, 5.74) is 0.661. The van der Waals surface area contributed by atoms with Gasteiger partial charge in [-0.2, -0.15) is 0 Å². The third-order valence-electron chi connectivity index (χ3n) is 5.10. The maximum Gasteiger partial charge on any atom is 0.223 e. The van der Waals surface area contributed by atoms with E-state index in [4.69, 9.17) is 21.1 Å². The number of nitrogens with one attached hydrogen (secondary N) is 1. The molecule has 0 unspecified atom stereocenters. The Bertz CT molecular complexity index is 914. The maximum atomic E-state index is 12.6. The molecular formula is C22H29ClN4O3S. The average Bonchev–Trinajstić information content (AvgIpc) is 3.14. The summed E-state index contributed by atoms with van der Waals surface area (Å²) >= 11 is 7.41. The van der Waals surface area contributed by atoms with Crippen molar-refractivity contribution < 1.29 is 14.3 Å². The van der Waals surface area contributed by atoms with E-state index in [2.05, 4.69) is 22.1 Å². The summed E-state index contributed by atoms with van der Waals surface area (Å²) in [7, 11) is 1.63. The van der Waals surface area contributed by atoms with Gasteiger partial charge in [-0.3, -0.25) is 9.36 Å². The number of halogens is 1. The van der Waals surface area contributed by atoms with Crippen LogP contribution in [0, 0.1) is 5.92 Å². The minimum absolute atomic E-state index is 0.0240. The van der Waals surface area contributed by atoms with Gasteiger partial charge in [-0.25, -0.2) is 0 Å². The molecule has 0 radical (unpaired) electrons. The van der Waals surface area contributed by atoms with Crippen molar-refractivity contribution in [3.05, 3.63) is 41.7 Å². The van der Waals surface area contributed by atoms with E-state index in [1.165, 1.54) is 11.8 Å². The molecule has 1 fully saturated rings. The molecule has 1 N–H and O–H groups in total. The van der Waals surface area contributed by atoms with Crippen LogP contribution in [0.15, 0.2) is 41.0 Å². The smallest absolute Gasteiger partial charge is 0.223 e. The lowest BCUT2D eigenvalue weighted by Crippen LogP contribution is -2.42. The van der Waals surface area contributed by atoms with Gasteiger partial charge in [0.1, 0.15) is 11.6 Å². The molecule has 0 bridgehead atoms. The summed E-state index contributed by atoms with van der Waals surface area (Å²) in [6.07, 6.45) is 2.03. The molecule has 2 heterocycles. The minimum Gasteiger partial charge on any atom is -0.497 e. The fraction of sp³-hybridized carbons (Fsp3) is 0.500. The predicted molar refractivity (Wildman–Crippen MR) is 123 cm³/mol. The molecule has 1 atom stereocenters. The van der Waals surface area contributed by atoms with E-state index in [-0.39, 0.29) is 17.4 Å². The van der Waals surface area contributed by atoms with Gasteiger partial charge < -0.3 is 14.8 Å². The lowest BCUT2D eigenvalue weighted by molar-refractivity contribution is -0.135. The Morgan fingerprint density at radius 3 is 2.77 bits per heavy atom. The summed E-state index contributed by atoms with van der Waals surface area (Å²) in [5.74, 6) is 2.12. The van der Waals surface area contributed by atoms with Crippen molar-refractivity contribution in [1.82, 2.24) is 20.1 Å². The highest BCUT2D eigenvalue weighted by Gasteiger charge is 2.32. The monoisotopic (exact) mass is 464 g/mol. The van der Waals surface area contributed by atoms with Crippen LogP contribution in [-0.2, 0) is 16.0 Å². The Hall–Kier alpha value is -2.03. The fourth-order valence-electron chi connectivity index (χ4n) is 3.59. The van der Waals surface area contributed by atoms with Gasteiger partial charge in [0.15, 0.2) is 5.16 Å². The minimum atomic E-state index is -0.257. The third-order valence-corrected chi connectivity index (χ3v) is 6.41. The molecule has 9 heteroatoms. The number of hydrogen-bond donors (Lipinski definition) is 1. The molecule has 0 aliphatic carbocycles. The normalized spacial score (nSPS) is 17.9. The van der Waals surface area contributed by atoms with E-state index >= 15 is 0 Å². The molecule has 0 saturated carbocycles. The first-order valence-corrected chi connectivity index (χ1v) is 11.6. The Balaban J connectivity index is 1.69. The molecule has 0 spiro atoms. The highest BCUT2D eigenvalue weighted by molar-refractivity contribution is 7.99. The molecular weight excluding hydrogens is 436 g/mol. The largest absolute Gasteiger partial charge is 0.497 e. The molecule has 1 aliphatic heterocycles. The summed E-state index contributed by atoms with van der Waals surface area (Å²) < 4.78 is 13.0. The standard InChI is InChI=1S/C22H29ClN4O3S/c1-15(23)14-31-21-26-25-19(27(21)17-5-7-18(29-4)8-6-17)9-11-24-20(28)16-10-12-30-22(2,3)13-16/h5-8,16H,1,9-14H2,2-4H3,(H,24,28)/t16-/m1/s1. The van der Waals surface area contributed by atoms with E-state index in [1.54, 1.807) is 7.11 Å². The first-order chi connectivity index (χ1) is 14.8. The first-order valence-electron chi connectivity index (χ1n) is 10.3. The van der Waals surface area contributed by atoms with Gasteiger partial charge in [0.2, 0.25) is 5.91 Å². The van der Waals surface area contributed by atoms with Crippen molar-refractivity contribution in [2.75, 3.05) is 26.0 Å². The molecule has 2 aromatic rings. The van der Waals surface area contributed by atoms with Crippen molar-refractivity contribution >= 4 is 29.3 Å². The molecule has 1 saturated heterocycles. The summed E-state index contributed by atoms with van der Waals surface area (Å²) in [6.45, 7) is 8.89. The van der Waals surface area contributed by atoms with Crippen LogP contribution in [0.5, 0.6) is 5.75 Å². The first kappa shape index (κ1) is 23.6. The number of ether oxygens (including phenoxy) is 2. The molecule has 1 aromatic heterocycles. The van der Waals surface area contributed by atoms with Crippen LogP contribution in [0.2, 0.25) is 0 Å². The number of benzene rings is 1. The average molecular weight is 465 g/mol. The van der Waals surface area contributed by atoms with Gasteiger partial charge in [0.05, 0.1) is 12.7 Å². The number of aromatic nitrogens is 3. The summed E-state index contributed by atoms with van der Waals surface area (Å²) in [4.78, 5) is 12.6. The van der Waals surface area contributed by atoms with Crippen LogP contribution in [-0.4, -0.2) is 52.3 Å². The van der Waals surface area contributed by atoms with Crippen molar-refractivity contribution in [2.24, 2.45) is 5.92 Å². The predicted octanol–water partition coefficient (Wildman–Crippen LogP) is 3.98. The number of carbonyl (C=O) groups excluding carboxylic acids is 1. The SMILES string of the molecule is C=C(Cl)CSc1nnc(CCNC(=O)[C@@H]2CCOC(C)(C)C2)n1-c1ccc(OC)cc1. The van der Waals surface area contributed by atoms with Crippen LogP contribution in [0.3, 0.4) is 0 Å². The van der Waals surface area contributed by atoms with Crippen LogP contribution in [0.25, 0.3) is 5.69 Å². The van der Waals surface area contributed by atoms with Gasteiger partial charge in [0, 0.05) is 42.0 Å². The molecule has 7 nitrogen and oxygen atoms in total. The van der Waals surface area contributed by atoms with Crippen LogP contribution in [0.4, 0.5) is 0 Å². The van der Waals surface area contributed by atoms with Crippen LogP contribution >= 0.6 is 23.4 Å². The summed E-state index contributed by atoms with van der Waals surface area (Å²) in [5, 5.41) is 13.0. The lowest BCUT2D eigenvalue weighted by Gasteiger charge is -2.34. The molecule has 168 valence electrons. The number of rotatable bonds is 9. The zero-order chi connectivity index (χ0) is 22.4. The zero-order valence-electron chi connectivity index (χ0n) is 18.2. The highest BCUT2D eigenvalue weighted by atomic mass is 35.5. The van der Waals surface area contributed by atoms with Crippen LogP contribution < -0.4 is 10.1 Å². The fourth-order valence-corrected chi connectivity index (χ4v) is 4.47. The van der Waals surface area contributed by atoms with Crippen molar-refractivity contribution in [3.8, 4) is 11.4 Å². The molecule has 31 heavy (non-hydrogen) atoms. The Labute approximate surface area is 192 Å². The number of amides is 1. The number of thioether (sulfide) groups is 1. The molecule has 3 rings (SSSR count). The second kappa shape index (κ2) is 10.5. The van der Waals surface area contributed by atoms with Gasteiger partial charge >= 0.3 is 0 Å². The van der Waals surface area contributed by atoms with Crippen molar-refractivity contribution in [3.63, 3.8) is 0 Å². The second-order valence-corrected chi connectivity index (χ2v) is 9.55. The Kier molecular flexibility index (Phi) is 8.02. The zero-order valence-corrected chi connectivity index (χ0v) is 19.8. The van der Waals surface area contributed by atoms with E-state index < -0.39 is 0 Å². The maximum absolute atomic E-state index is 12.6. The van der Waals surface area contributed by atoms with Gasteiger partial charge in [0.25, 0.3) is 0 Å². The second-order valence-electron chi connectivity index (χ2n) is 8.08. The van der Waals surface area contributed by atoms with Gasteiger partial charge in [-0.1, -0.05) is 29.9 Å².